The largest absolute Gasteiger partial charge is 0.256 e. The van der Waals surface area contributed by atoms with Crippen LogP contribution in [0.5, 0.6) is 0 Å². The minimum atomic E-state index is -3.59. The van der Waals surface area contributed by atoms with Crippen LogP contribution >= 0.6 is 23.2 Å². The zero-order chi connectivity index (χ0) is 20.1. The van der Waals surface area contributed by atoms with Crippen LogP contribution in [-0.4, -0.2) is 26.0 Å². The molecule has 0 N–H and O–H groups in total. The van der Waals surface area contributed by atoms with Crippen molar-refractivity contribution in [3.8, 4) is 0 Å². The van der Waals surface area contributed by atoms with Crippen molar-refractivity contribution >= 4 is 45.1 Å². The smallest absolute Gasteiger partial charge is 0.243 e. The van der Waals surface area contributed by atoms with Crippen molar-refractivity contribution in [1.82, 2.24) is 4.31 Å². The number of sulfonamides is 1. The van der Waals surface area contributed by atoms with E-state index in [1.54, 1.807) is 55.7 Å². The molecule has 0 aromatic heterocycles. The summed E-state index contributed by atoms with van der Waals surface area (Å²) in [6, 6.07) is 21.0. The predicted molar refractivity (Wildman–Crippen MR) is 115 cm³/mol. The Labute approximate surface area is 175 Å². The number of aliphatic imine (C=N–C) groups is 1. The third-order valence-corrected chi connectivity index (χ3v) is 6.49. The molecule has 0 aliphatic carbocycles. The molecule has 3 aromatic rings. The topological polar surface area (TPSA) is 49.7 Å². The molecular weight excluding hydrogens is 415 g/mol. The van der Waals surface area contributed by atoms with Gasteiger partial charge in [-0.2, -0.15) is 4.31 Å². The number of nitrogens with zero attached hydrogens (tertiary/aromatic N) is 2. The second-order valence-electron chi connectivity index (χ2n) is 6.16. The molecule has 0 unspecified atom stereocenters. The van der Waals surface area contributed by atoms with Crippen LogP contribution < -0.4 is 0 Å². The Hall–Kier alpha value is -2.18. The van der Waals surface area contributed by atoms with E-state index in [1.807, 2.05) is 30.3 Å². The van der Waals surface area contributed by atoms with Crippen LogP contribution in [0.3, 0.4) is 0 Å². The van der Waals surface area contributed by atoms with Crippen molar-refractivity contribution in [1.29, 1.82) is 0 Å². The third kappa shape index (κ3) is 5.00. The van der Waals surface area contributed by atoms with E-state index in [4.69, 9.17) is 23.2 Å². The van der Waals surface area contributed by atoms with Crippen LogP contribution in [0.25, 0.3) is 0 Å². The summed E-state index contributed by atoms with van der Waals surface area (Å²) >= 11 is 12.0. The molecule has 0 bridgehead atoms. The van der Waals surface area contributed by atoms with Gasteiger partial charge in [-0.25, -0.2) is 8.42 Å². The van der Waals surface area contributed by atoms with Gasteiger partial charge in [0, 0.05) is 30.4 Å². The zero-order valence-electron chi connectivity index (χ0n) is 15.1. The Bertz CT molecular complexity index is 1080. The van der Waals surface area contributed by atoms with Gasteiger partial charge >= 0.3 is 0 Å². The van der Waals surface area contributed by atoms with Crippen LogP contribution in [0, 0.1) is 0 Å². The van der Waals surface area contributed by atoms with Gasteiger partial charge in [-0.3, -0.25) is 4.99 Å². The highest BCUT2D eigenvalue weighted by Gasteiger charge is 2.20. The highest BCUT2D eigenvalue weighted by atomic mass is 35.5. The Morgan fingerprint density at radius 2 is 1.64 bits per heavy atom. The van der Waals surface area contributed by atoms with Crippen molar-refractivity contribution in [2.45, 2.75) is 11.4 Å². The van der Waals surface area contributed by atoms with Gasteiger partial charge in [-0.1, -0.05) is 59.6 Å². The molecule has 0 saturated carbocycles. The molecule has 0 spiro atoms. The van der Waals surface area contributed by atoms with Crippen LogP contribution in [0.1, 0.15) is 11.1 Å². The highest BCUT2D eigenvalue weighted by molar-refractivity contribution is 7.89. The molecule has 0 aliphatic heterocycles. The molecule has 28 heavy (non-hydrogen) atoms. The monoisotopic (exact) mass is 432 g/mol. The Morgan fingerprint density at radius 1 is 0.964 bits per heavy atom. The molecule has 0 aliphatic rings. The minimum absolute atomic E-state index is 0.217. The maximum absolute atomic E-state index is 12.8. The molecule has 3 aromatic carbocycles. The first-order valence-electron chi connectivity index (χ1n) is 8.46. The van der Waals surface area contributed by atoms with Crippen molar-refractivity contribution in [2.75, 3.05) is 7.05 Å². The van der Waals surface area contributed by atoms with Crippen LogP contribution in [0.15, 0.2) is 82.7 Å². The average Bonchev–Trinajstić information content (AvgIpc) is 2.68. The second-order valence-corrected chi connectivity index (χ2v) is 9.05. The summed E-state index contributed by atoms with van der Waals surface area (Å²) in [6.07, 6.45) is 1.61. The van der Waals surface area contributed by atoms with Crippen molar-refractivity contribution in [3.05, 3.63) is 94.0 Å². The van der Waals surface area contributed by atoms with Crippen molar-refractivity contribution < 1.29 is 8.42 Å². The maximum Gasteiger partial charge on any atom is 0.243 e. The van der Waals surface area contributed by atoms with Gasteiger partial charge in [-0.05, 0) is 42.0 Å². The van der Waals surface area contributed by atoms with Gasteiger partial charge in [0.1, 0.15) is 0 Å². The van der Waals surface area contributed by atoms with Crippen LogP contribution in [-0.2, 0) is 16.6 Å². The first-order valence-corrected chi connectivity index (χ1v) is 10.7. The summed E-state index contributed by atoms with van der Waals surface area (Å²) in [7, 11) is -2.02. The van der Waals surface area contributed by atoms with E-state index in [1.165, 1.54) is 4.31 Å². The normalized spacial score (nSPS) is 12.0. The maximum atomic E-state index is 12.8. The lowest BCUT2D eigenvalue weighted by Crippen LogP contribution is -2.26. The SMILES string of the molecule is CN(Cc1ccccc1)S(=O)(=O)c1ccc(N=Cc2ccc(Cl)cc2Cl)cc1. The summed E-state index contributed by atoms with van der Waals surface area (Å²) in [6.45, 7) is 0.304. The molecule has 0 heterocycles. The molecule has 7 heteroatoms. The first kappa shape index (κ1) is 20.6. The fourth-order valence-corrected chi connectivity index (χ4v) is 4.18. The van der Waals surface area contributed by atoms with Gasteiger partial charge in [-0.15, -0.1) is 0 Å². The van der Waals surface area contributed by atoms with E-state index in [-0.39, 0.29) is 4.90 Å². The molecular formula is C21H18Cl2N2O2S. The standard InChI is InChI=1S/C21H18Cl2N2O2S/c1-25(15-16-5-3-2-4-6-16)28(26,27)20-11-9-19(10-12-20)24-14-17-7-8-18(22)13-21(17)23/h2-14H,15H2,1H3. The van der Waals surface area contributed by atoms with Gasteiger partial charge < -0.3 is 0 Å². The lowest BCUT2D eigenvalue weighted by atomic mass is 10.2. The third-order valence-electron chi connectivity index (χ3n) is 4.11. The predicted octanol–water partition coefficient (Wildman–Crippen LogP) is 5.56. The lowest BCUT2D eigenvalue weighted by Gasteiger charge is -2.17. The van der Waals surface area contributed by atoms with Gasteiger partial charge in [0.25, 0.3) is 0 Å². The Balaban J connectivity index is 1.74. The Kier molecular flexibility index (Phi) is 6.52. The fourth-order valence-electron chi connectivity index (χ4n) is 2.56. The number of benzene rings is 3. The van der Waals surface area contributed by atoms with E-state index in [9.17, 15) is 8.42 Å². The number of rotatable bonds is 6. The van der Waals surface area contributed by atoms with Gasteiger partial charge in [0.2, 0.25) is 10.0 Å². The average molecular weight is 433 g/mol. The van der Waals surface area contributed by atoms with Gasteiger partial charge in [0.05, 0.1) is 15.6 Å². The molecule has 0 saturated heterocycles. The lowest BCUT2D eigenvalue weighted by molar-refractivity contribution is 0.467. The van der Waals surface area contributed by atoms with Crippen molar-refractivity contribution in [3.63, 3.8) is 0 Å². The van der Waals surface area contributed by atoms with Gasteiger partial charge in [0.15, 0.2) is 0 Å². The van der Waals surface area contributed by atoms with Crippen LogP contribution in [0.4, 0.5) is 5.69 Å². The zero-order valence-corrected chi connectivity index (χ0v) is 17.4. The summed E-state index contributed by atoms with van der Waals surface area (Å²) in [5.41, 5.74) is 2.27. The molecule has 0 amide bonds. The summed E-state index contributed by atoms with van der Waals surface area (Å²) < 4.78 is 26.9. The number of hydrogen-bond acceptors (Lipinski definition) is 3. The highest BCUT2D eigenvalue weighted by Crippen LogP contribution is 2.23. The molecule has 4 nitrogen and oxygen atoms in total. The Morgan fingerprint density at radius 3 is 2.29 bits per heavy atom. The summed E-state index contributed by atoms with van der Waals surface area (Å²) in [5, 5.41) is 1.05. The fraction of sp³-hybridized carbons (Fsp3) is 0.0952. The molecule has 0 fully saturated rings. The molecule has 0 atom stereocenters. The van der Waals surface area contributed by atoms with Crippen LogP contribution in [0.2, 0.25) is 10.0 Å². The summed E-state index contributed by atoms with van der Waals surface area (Å²) in [5.74, 6) is 0. The quantitative estimate of drug-likeness (QED) is 0.478. The molecule has 3 rings (SSSR count). The van der Waals surface area contributed by atoms with Crippen molar-refractivity contribution in [2.24, 2.45) is 4.99 Å². The van der Waals surface area contributed by atoms with E-state index in [2.05, 4.69) is 4.99 Å². The first-order chi connectivity index (χ1) is 13.4. The number of hydrogen-bond donors (Lipinski definition) is 0. The molecule has 144 valence electrons. The number of halogens is 2. The molecule has 0 radical (unpaired) electrons. The summed E-state index contributed by atoms with van der Waals surface area (Å²) in [4.78, 5) is 4.56. The minimum Gasteiger partial charge on any atom is -0.256 e. The van der Waals surface area contributed by atoms with E-state index in [0.29, 0.717) is 22.3 Å². The van der Waals surface area contributed by atoms with E-state index in [0.717, 1.165) is 11.1 Å². The van der Waals surface area contributed by atoms with E-state index < -0.39 is 10.0 Å². The second kappa shape index (κ2) is 8.88. The van der Waals surface area contributed by atoms with E-state index >= 15 is 0 Å².